The molecule has 28 heavy (non-hydrogen) atoms. The molecule has 148 valence electrons. The molecule has 4 rings (SSSR count). The topological polar surface area (TPSA) is 61.1 Å². The van der Waals surface area contributed by atoms with Gasteiger partial charge in [-0.2, -0.15) is 0 Å². The van der Waals surface area contributed by atoms with Crippen LogP contribution in [0.5, 0.6) is 0 Å². The fourth-order valence-electron chi connectivity index (χ4n) is 3.35. The second kappa shape index (κ2) is 9.42. The fourth-order valence-corrected chi connectivity index (χ4v) is 4.32. The van der Waals surface area contributed by atoms with Crippen LogP contribution in [0.15, 0.2) is 57.5 Å². The van der Waals surface area contributed by atoms with Crippen LogP contribution in [0.25, 0.3) is 10.1 Å². The zero-order valence-corrected chi connectivity index (χ0v) is 18.8. The maximum absolute atomic E-state index is 12.4. The number of guanidine groups is 1. The Morgan fingerprint density at radius 3 is 2.61 bits per heavy atom. The summed E-state index contributed by atoms with van der Waals surface area (Å²) in [4.78, 5) is 20.8. The number of amides is 1. The molecule has 6 nitrogen and oxygen atoms in total. The number of rotatable bonds is 3. The van der Waals surface area contributed by atoms with E-state index in [-0.39, 0.29) is 29.9 Å². The molecule has 0 aliphatic carbocycles. The summed E-state index contributed by atoms with van der Waals surface area (Å²) in [6.45, 7) is 3.54. The van der Waals surface area contributed by atoms with Gasteiger partial charge in [0.15, 0.2) is 11.7 Å². The molecule has 3 aromatic rings. The lowest BCUT2D eigenvalue weighted by atomic mass is 10.2. The van der Waals surface area contributed by atoms with Gasteiger partial charge in [0.2, 0.25) is 0 Å². The minimum absolute atomic E-state index is 0. The zero-order valence-electron chi connectivity index (χ0n) is 15.6. The number of carbonyl (C=O) groups excluding carboxylic acids is 1. The highest BCUT2D eigenvalue weighted by atomic mass is 127. The van der Waals surface area contributed by atoms with Crippen LogP contribution >= 0.6 is 35.3 Å². The van der Waals surface area contributed by atoms with Gasteiger partial charge in [0.1, 0.15) is 0 Å². The van der Waals surface area contributed by atoms with Crippen LogP contribution in [0.1, 0.15) is 16.1 Å². The summed E-state index contributed by atoms with van der Waals surface area (Å²) < 4.78 is 6.52. The molecule has 0 radical (unpaired) electrons. The first-order valence-corrected chi connectivity index (χ1v) is 9.87. The van der Waals surface area contributed by atoms with Gasteiger partial charge >= 0.3 is 0 Å². The van der Waals surface area contributed by atoms with Gasteiger partial charge in [0, 0.05) is 44.5 Å². The van der Waals surface area contributed by atoms with Gasteiger partial charge in [-0.1, -0.05) is 18.2 Å². The van der Waals surface area contributed by atoms with Gasteiger partial charge in [-0.25, -0.2) is 0 Å². The van der Waals surface area contributed by atoms with E-state index in [1.165, 1.54) is 21.9 Å². The lowest BCUT2D eigenvalue weighted by molar-refractivity contribution is 0.0657. The highest BCUT2D eigenvalue weighted by Crippen LogP contribution is 2.25. The molecule has 1 amide bonds. The van der Waals surface area contributed by atoms with Crippen LogP contribution in [0, 0.1) is 0 Å². The first kappa shape index (κ1) is 20.7. The molecule has 8 heteroatoms. The molecule has 0 bridgehead atoms. The lowest BCUT2D eigenvalue weighted by Crippen LogP contribution is -2.53. The number of aliphatic imine (C=N–C) groups is 1. The van der Waals surface area contributed by atoms with Crippen molar-refractivity contribution in [3.8, 4) is 0 Å². The van der Waals surface area contributed by atoms with Gasteiger partial charge in [0.05, 0.1) is 6.26 Å². The number of nitrogens with zero attached hydrogens (tertiary/aromatic N) is 3. The van der Waals surface area contributed by atoms with Crippen molar-refractivity contribution in [3.63, 3.8) is 0 Å². The highest BCUT2D eigenvalue weighted by Gasteiger charge is 2.25. The molecule has 1 aliphatic heterocycles. The zero-order chi connectivity index (χ0) is 18.6. The highest BCUT2D eigenvalue weighted by molar-refractivity contribution is 14.0. The molecule has 1 saturated heterocycles. The van der Waals surface area contributed by atoms with E-state index >= 15 is 0 Å². The monoisotopic (exact) mass is 510 g/mol. The van der Waals surface area contributed by atoms with E-state index in [9.17, 15) is 4.79 Å². The molecule has 2 aromatic heterocycles. The third kappa shape index (κ3) is 4.33. The minimum Gasteiger partial charge on any atom is -0.459 e. The summed E-state index contributed by atoms with van der Waals surface area (Å²) in [5, 5.41) is 6.96. The maximum Gasteiger partial charge on any atom is 0.289 e. The van der Waals surface area contributed by atoms with E-state index in [1.807, 2.05) is 4.90 Å². The van der Waals surface area contributed by atoms with Crippen molar-refractivity contribution < 1.29 is 9.21 Å². The molecule has 0 spiro atoms. The summed E-state index contributed by atoms with van der Waals surface area (Å²) in [6, 6.07) is 11.9. The minimum atomic E-state index is -0.0488. The number of furan rings is 1. The van der Waals surface area contributed by atoms with Gasteiger partial charge in [-0.05, 0) is 34.5 Å². The van der Waals surface area contributed by atoms with Crippen molar-refractivity contribution in [2.75, 3.05) is 33.2 Å². The Labute approximate surface area is 185 Å². The third-order valence-corrected chi connectivity index (χ3v) is 5.82. The first-order valence-electron chi connectivity index (χ1n) is 9.00. The van der Waals surface area contributed by atoms with E-state index in [2.05, 4.69) is 44.9 Å². The molecule has 1 N–H and O–H groups in total. The summed E-state index contributed by atoms with van der Waals surface area (Å²) in [5.41, 5.74) is 1.28. The predicted molar refractivity (Wildman–Crippen MR) is 124 cm³/mol. The molecule has 3 heterocycles. The molecule has 0 unspecified atom stereocenters. The molecular formula is C20H23IN4O2S. The van der Waals surface area contributed by atoms with Crippen LogP contribution in [0.3, 0.4) is 0 Å². The number of hydrogen-bond acceptors (Lipinski definition) is 4. The van der Waals surface area contributed by atoms with E-state index in [0.29, 0.717) is 18.8 Å². The van der Waals surface area contributed by atoms with E-state index in [0.717, 1.165) is 25.6 Å². The van der Waals surface area contributed by atoms with Gasteiger partial charge < -0.3 is 19.5 Å². The predicted octanol–water partition coefficient (Wildman–Crippen LogP) is 3.65. The Balaban J connectivity index is 0.00000225. The lowest BCUT2D eigenvalue weighted by Gasteiger charge is -2.36. The Morgan fingerprint density at radius 2 is 1.89 bits per heavy atom. The van der Waals surface area contributed by atoms with Crippen molar-refractivity contribution in [2.24, 2.45) is 4.99 Å². The first-order chi connectivity index (χ1) is 13.3. The summed E-state index contributed by atoms with van der Waals surface area (Å²) in [6.07, 6.45) is 1.53. The molecule has 1 aromatic carbocycles. The molecule has 0 atom stereocenters. The Kier molecular flexibility index (Phi) is 6.95. The largest absolute Gasteiger partial charge is 0.459 e. The second-order valence-electron chi connectivity index (χ2n) is 6.41. The van der Waals surface area contributed by atoms with Crippen molar-refractivity contribution in [3.05, 3.63) is 59.4 Å². The average Bonchev–Trinajstić information content (AvgIpc) is 3.39. The van der Waals surface area contributed by atoms with E-state index < -0.39 is 0 Å². The number of hydrogen-bond donors (Lipinski definition) is 1. The number of carbonyl (C=O) groups is 1. The number of fused-ring (bicyclic) bond motifs is 1. The van der Waals surface area contributed by atoms with Gasteiger partial charge in [-0.15, -0.1) is 35.3 Å². The van der Waals surface area contributed by atoms with Crippen molar-refractivity contribution in [2.45, 2.75) is 6.54 Å². The number of nitrogens with one attached hydrogen (secondary N) is 1. The third-order valence-electron chi connectivity index (χ3n) is 4.81. The molecular weight excluding hydrogens is 487 g/mol. The van der Waals surface area contributed by atoms with Crippen LogP contribution in [-0.2, 0) is 6.54 Å². The standard InChI is InChI=1S/C20H22N4O2S.HI/c1-21-20(22-13-15-14-27-18-7-3-2-5-16(15)18)24-10-8-23(9-11-24)19(25)17-6-4-12-26-17;/h2-7,12,14H,8-11,13H2,1H3,(H,21,22);1H. The SMILES string of the molecule is CN=C(NCc1csc2ccccc12)N1CCN(C(=O)c2ccco2)CC1.I. The van der Waals surface area contributed by atoms with Gasteiger partial charge in [-0.3, -0.25) is 9.79 Å². The Hall–Kier alpha value is -2.07. The fraction of sp³-hybridized carbons (Fsp3) is 0.300. The van der Waals surface area contributed by atoms with Gasteiger partial charge in [0.25, 0.3) is 5.91 Å². The van der Waals surface area contributed by atoms with Crippen LogP contribution in [0.4, 0.5) is 0 Å². The summed E-state index contributed by atoms with van der Waals surface area (Å²) in [5.74, 6) is 1.22. The summed E-state index contributed by atoms with van der Waals surface area (Å²) >= 11 is 1.76. The molecule has 1 aliphatic rings. The average molecular weight is 510 g/mol. The van der Waals surface area contributed by atoms with Crippen LogP contribution in [0.2, 0.25) is 0 Å². The van der Waals surface area contributed by atoms with Crippen LogP contribution < -0.4 is 5.32 Å². The van der Waals surface area contributed by atoms with Crippen molar-refractivity contribution in [1.82, 2.24) is 15.1 Å². The second-order valence-corrected chi connectivity index (χ2v) is 7.33. The summed E-state index contributed by atoms with van der Waals surface area (Å²) in [7, 11) is 1.80. The number of halogens is 1. The van der Waals surface area contributed by atoms with Crippen molar-refractivity contribution >= 4 is 57.3 Å². The number of piperazine rings is 1. The van der Waals surface area contributed by atoms with E-state index in [1.54, 1.807) is 30.5 Å². The quantitative estimate of drug-likeness (QED) is 0.332. The number of benzene rings is 1. The Bertz CT molecular complexity index is 946. The normalized spacial score (nSPS) is 14.8. The van der Waals surface area contributed by atoms with Crippen molar-refractivity contribution in [1.29, 1.82) is 0 Å². The van der Waals surface area contributed by atoms with Crippen LogP contribution in [-0.4, -0.2) is 54.9 Å². The number of thiophene rings is 1. The van der Waals surface area contributed by atoms with E-state index in [4.69, 9.17) is 4.42 Å². The molecule has 0 saturated carbocycles. The maximum atomic E-state index is 12.4. The Morgan fingerprint density at radius 1 is 1.14 bits per heavy atom. The smallest absolute Gasteiger partial charge is 0.289 e. The molecule has 1 fully saturated rings.